The number of amidine groups is 1. The number of carbonyl (C=O) groups is 2. The topological polar surface area (TPSA) is 82.0 Å². The number of nitrogens with one attached hydrogen (secondary N) is 1. The Hall–Kier alpha value is -3.72. The van der Waals surface area contributed by atoms with Crippen molar-refractivity contribution in [3.05, 3.63) is 100 Å². The summed E-state index contributed by atoms with van der Waals surface area (Å²) >= 11 is 1.45. The third-order valence-electron chi connectivity index (χ3n) is 6.51. The normalized spacial score (nSPS) is 12.3. The van der Waals surface area contributed by atoms with Crippen LogP contribution in [0.5, 0.6) is 0 Å². The van der Waals surface area contributed by atoms with Crippen molar-refractivity contribution in [2.75, 3.05) is 17.7 Å². The Balaban J connectivity index is 1.94. The number of halogens is 2. The molecule has 2 N–H and O–H groups in total. The number of thioether (sulfide) groups is 1. The highest BCUT2D eigenvalue weighted by atomic mass is 32.2. The predicted molar refractivity (Wildman–Crippen MR) is 158 cm³/mol. The highest BCUT2D eigenvalue weighted by molar-refractivity contribution is 8.13. The van der Waals surface area contributed by atoms with E-state index < -0.39 is 23.6 Å². The number of hydrogen-bond acceptors (Lipinski definition) is 4. The van der Waals surface area contributed by atoms with Crippen molar-refractivity contribution in [1.29, 1.82) is 0 Å². The highest BCUT2D eigenvalue weighted by Crippen LogP contribution is 2.29. The van der Waals surface area contributed by atoms with Crippen LogP contribution in [-0.4, -0.2) is 35.0 Å². The number of carboxylic acid groups (broad SMARTS) is 1. The maximum absolute atomic E-state index is 13.9. The molecule has 0 spiro atoms. The number of nitrogens with zero attached hydrogens (tertiary/aromatic N) is 2. The molecule has 3 rings (SSSR count). The second kappa shape index (κ2) is 14.1. The molecule has 9 heteroatoms. The number of hydrogen-bond donors (Lipinski definition) is 2. The molecule has 40 heavy (non-hydrogen) atoms. The van der Waals surface area contributed by atoms with Crippen LogP contribution in [0, 0.1) is 18.6 Å². The van der Waals surface area contributed by atoms with E-state index in [0.717, 1.165) is 22.9 Å². The quantitative estimate of drug-likeness (QED) is 0.202. The highest BCUT2D eigenvalue weighted by Gasteiger charge is 2.18. The summed E-state index contributed by atoms with van der Waals surface area (Å²) in [4.78, 5) is 30.0. The first-order valence-corrected chi connectivity index (χ1v) is 14.3. The van der Waals surface area contributed by atoms with Crippen molar-refractivity contribution in [1.82, 2.24) is 5.32 Å². The Morgan fingerprint density at radius 3 is 2.27 bits per heavy atom. The SMILES string of the molecule is CSC(=NC(C)c1ccc(F)c(F)c1)N(Cc1ccc(C(=O)NCCC(=O)O)cc1)c1ccc(C(C)C)c(C)c1. The first-order valence-electron chi connectivity index (χ1n) is 13.0. The minimum atomic E-state index is -0.974. The Morgan fingerprint density at radius 1 is 1.00 bits per heavy atom. The smallest absolute Gasteiger partial charge is 0.305 e. The largest absolute Gasteiger partial charge is 0.481 e. The molecule has 3 aromatic carbocycles. The van der Waals surface area contributed by atoms with Gasteiger partial charge in [-0.2, -0.15) is 0 Å². The third-order valence-corrected chi connectivity index (χ3v) is 7.20. The molecule has 0 bridgehead atoms. The van der Waals surface area contributed by atoms with Crippen LogP contribution in [0.1, 0.15) is 71.8 Å². The van der Waals surface area contributed by atoms with Gasteiger partial charge in [0.2, 0.25) is 0 Å². The molecule has 1 unspecified atom stereocenters. The summed E-state index contributed by atoms with van der Waals surface area (Å²) < 4.78 is 27.4. The molecule has 6 nitrogen and oxygen atoms in total. The Kier molecular flexibility index (Phi) is 10.8. The summed E-state index contributed by atoms with van der Waals surface area (Å²) in [6, 6.07) is 16.8. The van der Waals surface area contributed by atoms with E-state index in [1.165, 1.54) is 29.5 Å². The van der Waals surface area contributed by atoms with Crippen LogP contribution in [0.3, 0.4) is 0 Å². The molecule has 3 aromatic rings. The van der Waals surface area contributed by atoms with E-state index in [4.69, 9.17) is 10.1 Å². The Morgan fingerprint density at radius 2 is 1.70 bits per heavy atom. The lowest BCUT2D eigenvalue weighted by molar-refractivity contribution is -0.136. The van der Waals surface area contributed by atoms with Gasteiger partial charge in [0.15, 0.2) is 16.8 Å². The molecule has 0 aliphatic heterocycles. The molecule has 0 radical (unpaired) electrons. The maximum atomic E-state index is 13.9. The molecule has 1 atom stereocenters. The van der Waals surface area contributed by atoms with E-state index in [-0.39, 0.29) is 18.9 Å². The number of anilines is 1. The van der Waals surface area contributed by atoms with Gasteiger partial charge in [0.25, 0.3) is 5.91 Å². The number of rotatable bonds is 10. The molecule has 0 aromatic heterocycles. The van der Waals surface area contributed by atoms with Gasteiger partial charge in [0, 0.05) is 17.8 Å². The number of carbonyl (C=O) groups excluding carboxylic acids is 1. The standard InChI is InChI=1S/C31H35F2N3O3S/c1-19(2)26-12-11-25(16-20(26)3)36(31(40-5)35-21(4)24-10-13-27(32)28(33)17-24)18-22-6-8-23(9-7-22)30(39)34-15-14-29(37)38/h6-13,16-17,19,21H,14-15,18H2,1-5H3,(H,34,39)(H,37,38). The lowest BCUT2D eigenvalue weighted by Gasteiger charge is -2.27. The zero-order chi connectivity index (χ0) is 29.4. The van der Waals surface area contributed by atoms with Crippen molar-refractivity contribution in [2.24, 2.45) is 4.99 Å². The molecule has 0 aliphatic carbocycles. The van der Waals surface area contributed by atoms with Crippen LogP contribution in [0.25, 0.3) is 0 Å². The third kappa shape index (κ3) is 8.14. The van der Waals surface area contributed by atoms with Crippen molar-refractivity contribution in [3.8, 4) is 0 Å². The van der Waals surface area contributed by atoms with Crippen molar-refractivity contribution >= 4 is 34.5 Å². The molecule has 0 heterocycles. The van der Waals surface area contributed by atoms with E-state index in [0.29, 0.717) is 28.8 Å². The molecule has 0 saturated heterocycles. The first-order chi connectivity index (χ1) is 19.0. The molecule has 0 fully saturated rings. The fraction of sp³-hybridized carbons (Fsp3) is 0.323. The second-order valence-corrected chi connectivity index (χ2v) is 10.6. The first kappa shape index (κ1) is 30.8. The van der Waals surface area contributed by atoms with Gasteiger partial charge >= 0.3 is 5.97 Å². The number of amides is 1. The molecule has 0 aliphatic rings. The van der Waals surface area contributed by atoms with Crippen LogP contribution in [0.2, 0.25) is 0 Å². The molecular formula is C31H35F2N3O3S. The monoisotopic (exact) mass is 567 g/mol. The molecule has 0 saturated carbocycles. The van der Waals surface area contributed by atoms with Gasteiger partial charge < -0.3 is 15.3 Å². The van der Waals surface area contributed by atoms with Gasteiger partial charge in [-0.15, -0.1) is 0 Å². The average Bonchev–Trinajstić information content (AvgIpc) is 2.91. The van der Waals surface area contributed by atoms with E-state index >= 15 is 0 Å². The van der Waals surface area contributed by atoms with E-state index in [1.807, 2.05) is 25.3 Å². The van der Waals surface area contributed by atoms with Crippen LogP contribution >= 0.6 is 11.8 Å². The summed E-state index contributed by atoms with van der Waals surface area (Å²) in [5, 5.41) is 12.1. The summed E-state index contributed by atoms with van der Waals surface area (Å²) in [6.07, 6.45) is 1.78. The summed E-state index contributed by atoms with van der Waals surface area (Å²) in [5.74, 6) is -2.74. The van der Waals surface area contributed by atoms with Crippen molar-refractivity contribution < 1.29 is 23.5 Å². The molecule has 212 valence electrons. The number of benzene rings is 3. The number of aryl methyl sites for hydroxylation is 1. The minimum Gasteiger partial charge on any atom is -0.481 e. The lowest BCUT2D eigenvalue weighted by atomic mass is 9.97. The van der Waals surface area contributed by atoms with Gasteiger partial charge in [0.05, 0.1) is 19.0 Å². The molecular weight excluding hydrogens is 532 g/mol. The summed E-state index contributed by atoms with van der Waals surface area (Å²) in [6.45, 7) is 8.72. The zero-order valence-corrected chi connectivity index (χ0v) is 24.2. The second-order valence-electron chi connectivity index (χ2n) is 9.84. The van der Waals surface area contributed by atoms with Gasteiger partial charge in [-0.1, -0.05) is 49.9 Å². The number of aliphatic imine (C=N–C) groups is 1. The average molecular weight is 568 g/mol. The van der Waals surface area contributed by atoms with E-state index in [9.17, 15) is 18.4 Å². The van der Waals surface area contributed by atoms with Crippen LogP contribution in [0.4, 0.5) is 14.5 Å². The van der Waals surface area contributed by atoms with Gasteiger partial charge in [-0.3, -0.25) is 14.6 Å². The number of aliphatic carboxylic acids is 1. The fourth-order valence-corrected chi connectivity index (χ4v) is 4.97. The maximum Gasteiger partial charge on any atom is 0.305 e. The Labute approximate surface area is 238 Å². The number of carboxylic acids is 1. The van der Waals surface area contributed by atoms with Gasteiger partial charge in [-0.05, 0) is 84.7 Å². The molecule has 1 amide bonds. The van der Waals surface area contributed by atoms with Gasteiger partial charge in [-0.25, -0.2) is 8.78 Å². The zero-order valence-electron chi connectivity index (χ0n) is 23.4. The van der Waals surface area contributed by atoms with Crippen LogP contribution in [-0.2, 0) is 11.3 Å². The Bertz CT molecular complexity index is 1380. The van der Waals surface area contributed by atoms with E-state index in [2.05, 4.69) is 49.2 Å². The summed E-state index contributed by atoms with van der Waals surface area (Å²) in [5.41, 5.74) is 5.26. The predicted octanol–water partition coefficient (Wildman–Crippen LogP) is 7.09. The minimum absolute atomic E-state index is 0.0547. The van der Waals surface area contributed by atoms with Crippen molar-refractivity contribution in [3.63, 3.8) is 0 Å². The fourth-order valence-electron chi connectivity index (χ4n) is 4.32. The van der Waals surface area contributed by atoms with Crippen LogP contribution < -0.4 is 10.2 Å². The summed E-state index contributed by atoms with van der Waals surface area (Å²) in [7, 11) is 0. The van der Waals surface area contributed by atoms with E-state index in [1.54, 1.807) is 12.1 Å². The van der Waals surface area contributed by atoms with Gasteiger partial charge in [0.1, 0.15) is 0 Å². The van der Waals surface area contributed by atoms with Crippen LogP contribution in [0.15, 0.2) is 65.7 Å². The van der Waals surface area contributed by atoms with Crippen molar-refractivity contribution in [2.45, 2.75) is 52.6 Å². The lowest BCUT2D eigenvalue weighted by Crippen LogP contribution is -2.29.